The minimum atomic E-state index is -3.84. The fourth-order valence-electron chi connectivity index (χ4n) is 4.09. The van der Waals surface area contributed by atoms with Crippen LogP contribution in [-0.2, 0) is 19.6 Å². The van der Waals surface area contributed by atoms with Crippen LogP contribution in [0.5, 0.6) is 0 Å². The Labute approximate surface area is 201 Å². The maximum Gasteiger partial charge on any atom is 0.242 e. The van der Waals surface area contributed by atoms with Gasteiger partial charge in [-0.1, -0.05) is 11.6 Å². The van der Waals surface area contributed by atoms with Gasteiger partial charge in [-0.05, 0) is 50.0 Å². The van der Waals surface area contributed by atoms with Crippen LogP contribution in [0, 0.1) is 0 Å². The lowest BCUT2D eigenvalue weighted by molar-refractivity contribution is -0.143. The van der Waals surface area contributed by atoms with Crippen LogP contribution in [0.25, 0.3) is 6.08 Å². The monoisotopic (exact) mass is 509 g/mol. The lowest BCUT2D eigenvalue weighted by Gasteiger charge is -2.33. The quantitative estimate of drug-likeness (QED) is 0.613. The number of halogens is 1. The molecule has 2 aliphatic rings. The first-order valence-electron chi connectivity index (χ1n) is 10.6. The van der Waals surface area contributed by atoms with Crippen molar-refractivity contribution >= 4 is 50.9 Å². The van der Waals surface area contributed by atoms with Crippen LogP contribution in [-0.4, -0.2) is 65.7 Å². The molecule has 9 nitrogen and oxygen atoms in total. The van der Waals surface area contributed by atoms with Gasteiger partial charge in [0.2, 0.25) is 21.8 Å². The molecule has 0 spiro atoms. The molecular formula is C21H24ClN5O4S2. The highest BCUT2D eigenvalue weighted by Crippen LogP contribution is 2.30. The van der Waals surface area contributed by atoms with E-state index in [1.54, 1.807) is 35.5 Å². The molecular weight excluding hydrogens is 486 g/mol. The number of hydrogen-bond donors (Lipinski definition) is 1. The molecule has 0 aromatic carbocycles. The lowest BCUT2D eigenvalue weighted by Crippen LogP contribution is -2.54. The minimum Gasteiger partial charge on any atom is -0.332 e. The number of thiophene rings is 1. The summed E-state index contributed by atoms with van der Waals surface area (Å²) in [5.74, 6) is 0.0199. The number of piperidine rings is 1. The van der Waals surface area contributed by atoms with Crippen molar-refractivity contribution in [2.75, 3.05) is 19.6 Å². The zero-order valence-corrected chi connectivity index (χ0v) is 20.2. The van der Waals surface area contributed by atoms with Gasteiger partial charge in [0.15, 0.2) is 5.82 Å². The minimum absolute atomic E-state index is 0.0933. The van der Waals surface area contributed by atoms with Gasteiger partial charge in [0.05, 0.1) is 16.9 Å². The molecule has 12 heteroatoms. The van der Waals surface area contributed by atoms with E-state index in [1.807, 2.05) is 0 Å². The number of carbonyl (C=O) groups excluding carboxylic acids is 2. The first-order valence-corrected chi connectivity index (χ1v) is 13.4. The average Bonchev–Trinajstić information content (AvgIpc) is 3.45. The predicted octanol–water partition coefficient (Wildman–Crippen LogP) is 2.44. The van der Waals surface area contributed by atoms with Gasteiger partial charge in [-0.2, -0.15) is 4.72 Å². The van der Waals surface area contributed by atoms with E-state index in [4.69, 9.17) is 11.6 Å². The number of hydrogen-bond acceptors (Lipinski definition) is 7. The summed E-state index contributed by atoms with van der Waals surface area (Å²) < 4.78 is 28.0. The second-order valence-electron chi connectivity index (χ2n) is 7.91. The van der Waals surface area contributed by atoms with E-state index >= 15 is 0 Å². The zero-order valence-electron chi connectivity index (χ0n) is 17.8. The van der Waals surface area contributed by atoms with E-state index in [-0.39, 0.29) is 18.5 Å². The Bertz CT molecular complexity index is 1140. The first kappa shape index (κ1) is 23.8. The third-order valence-electron chi connectivity index (χ3n) is 5.63. The van der Waals surface area contributed by atoms with Crippen LogP contribution in [0.1, 0.15) is 42.4 Å². The number of likely N-dealkylation sites (tertiary alicyclic amines) is 2. The van der Waals surface area contributed by atoms with Gasteiger partial charge in [-0.25, -0.2) is 18.4 Å². The zero-order chi connectivity index (χ0) is 23.4. The first-order chi connectivity index (χ1) is 15.8. The maximum absolute atomic E-state index is 13.0. The topological polar surface area (TPSA) is 113 Å². The van der Waals surface area contributed by atoms with Gasteiger partial charge >= 0.3 is 0 Å². The molecule has 2 aliphatic heterocycles. The normalized spacial score (nSPS) is 21.8. The summed E-state index contributed by atoms with van der Waals surface area (Å²) in [6.07, 6.45) is 7.33. The van der Waals surface area contributed by atoms with Crippen molar-refractivity contribution in [3.63, 3.8) is 0 Å². The van der Waals surface area contributed by atoms with Crippen LogP contribution in [0.2, 0.25) is 4.34 Å². The number of amides is 2. The van der Waals surface area contributed by atoms with Gasteiger partial charge < -0.3 is 9.80 Å². The fourth-order valence-corrected chi connectivity index (χ4v) is 6.16. The standard InChI is InChI=1S/C21H24ClN5O4S2/c22-18-7-6-15(32-18)8-13-33(30,31)25-16-4-1-11-26(21(16)29)14-19(28)27-12-2-5-17(27)20-23-9-3-10-24-20/h3,6-10,13,16-17,25H,1-2,4-5,11-12,14H2/t16-,17-/m0/s1. The van der Waals surface area contributed by atoms with Crippen molar-refractivity contribution in [3.05, 3.63) is 51.0 Å². The molecule has 176 valence electrons. The third kappa shape index (κ3) is 5.97. The van der Waals surface area contributed by atoms with Crippen molar-refractivity contribution < 1.29 is 18.0 Å². The van der Waals surface area contributed by atoms with Crippen LogP contribution in [0.15, 0.2) is 36.0 Å². The molecule has 1 N–H and O–H groups in total. The summed E-state index contributed by atoms with van der Waals surface area (Å²) in [6.45, 7) is 0.897. The number of sulfonamides is 1. The van der Waals surface area contributed by atoms with Crippen molar-refractivity contribution in [2.45, 2.75) is 37.8 Å². The molecule has 0 unspecified atom stereocenters. The summed E-state index contributed by atoms with van der Waals surface area (Å²) in [6, 6.07) is 4.01. The van der Waals surface area contributed by atoms with Crippen LogP contribution < -0.4 is 4.72 Å². The van der Waals surface area contributed by atoms with Gasteiger partial charge in [-0.3, -0.25) is 9.59 Å². The van der Waals surface area contributed by atoms with E-state index in [9.17, 15) is 18.0 Å². The Balaban J connectivity index is 1.38. The van der Waals surface area contributed by atoms with E-state index in [2.05, 4.69) is 14.7 Å². The molecule has 2 aromatic rings. The van der Waals surface area contributed by atoms with E-state index in [1.165, 1.54) is 22.3 Å². The Kier molecular flexibility index (Phi) is 7.42. The molecule has 4 heterocycles. The van der Waals surface area contributed by atoms with Gasteiger partial charge in [0.1, 0.15) is 6.04 Å². The van der Waals surface area contributed by atoms with E-state index < -0.39 is 22.0 Å². The lowest BCUT2D eigenvalue weighted by atomic mass is 10.1. The smallest absolute Gasteiger partial charge is 0.242 e. The van der Waals surface area contributed by atoms with Crippen molar-refractivity contribution in [2.24, 2.45) is 0 Å². The van der Waals surface area contributed by atoms with Crippen LogP contribution >= 0.6 is 22.9 Å². The Hall–Kier alpha value is -2.34. The predicted molar refractivity (Wildman–Crippen MR) is 126 cm³/mol. The second kappa shape index (κ2) is 10.3. The molecule has 33 heavy (non-hydrogen) atoms. The fraction of sp³-hybridized carbons (Fsp3) is 0.429. The molecule has 2 amide bonds. The molecule has 0 aliphatic carbocycles. The summed E-state index contributed by atoms with van der Waals surface area (Å²) in [4.78, 5) is 38.3. The average molecular weight is 510 g/mol. The summed E-state index contributed by atoms with van der Waals surface area (Å²) in [7, 11) is -3.84. The Morgan fingerprint density at radius 1 is 1.21 bits per heavy atom. The van der Waals surface area contributed by atoms with Gasteiger partial charge in [0.25, 0.3) is 0 Å². The number of nitrogens with zero attached hydrogens (tertiary/aromatic N) is 4. The SMILES string of the molecule is O=C1[C@@H](NS(=O)(=O)C=Cc2ccc(Cl)s2)CCCN1CC(=O)N1CCC[C@H]1c1ncccn1. The van der Waals surface area contributed by atoms with E-state index in [0.717, 1.165) is 18.2 Å². The van der Waals surface area contributed by atoms with Crippen molar-refractivity contribution in [3.8, 4) is 0 Å². The Morgan fingerprint density at radius 2 is 1.97 bits per heavy atom. The summed E-state index contributed by atoms with van der Waals surface area (Å²) in [5, 5.41) is 1.03. The molecule has 0 radical (unpaired) electrons. The summed E-state index contributed by atoms with van der Waals surface area (Å²) >= 11 is 7.12. The van der Waals surface area contributed by atoms with E-state index in [0.29, 0.717) is 41.0 Å². The molecule has 4 rings (SSSR count). The third-order valence-corrected chi connectivity index (χ3v) is 7.93. The van der Waals surface area contributed by atoms with Gasteiger partial charge in [0, 0.05) is 35.8 Å². The summed E-state index contributed by atoms with van der Waals surface area (Å²) in [5.41, 5.74) is 0. The number of aromatic nitrogens is 2. The van der Waals surface area contributed by atoms with Gasteiger partial charge in [-0.15, -0.1) is 11.3 Å². The second-order valence-corrected chi connectivity index (χ2v) is 11.3. The van der Waals surface area contributed by atoms with Crippen molar-refractivity contribution in [1.82, 2.24) is 24.5 Å². The molecule has 0 bridgehead atoms. The molecule has 0 saturated carbocycles. The number of rotatable bonds is 7. The van der Waals surface area contributed by atoms with Crippen LogP contribution in [0.4, 0.5) is 0 Å². The molecule has 2 aromatic heterocycles. The molecule has 2 atom stereocenters. The highest BCUT2D eigenvalue weighted by molar-refractivity contribution is 7.92. The number of carbonyl (C=O) groups is 2. The Morgan fingerprint density at radius 3 is 2.70 bits per heavy atom. The van der Waals surface area contributed by atoms with Crippen LogP contribution in [0.3, 0.4) is 0 Å². The highest BCUT2D eigenvalue weighted by Gasteiger charge is 2.36. The largest absolute Gasteiger partial charge is 0.332 e. The maximum atomic E-state index is 13.0. The van der Waals surface area contributed by atoms with Crippen molar-refractivity contribution in [1.29, 1.82) is 0 Å². The molecule has 2 fully saturated rings. The molecule has 2 saturated heterocycles. The number of nitrogens with one attached hydrogen (secondary N) is 1. The highest BCUT2D eigenvalue weighted by atomic mass is 35.5.